The van der Waals surface area contributed by atoms with Gasteiger partial charge in [-0.1, -0.05) is 32.3 Å². The summed E-state index contributed by atoms with van der Waals surface area (Å²) in [6, 6.07) is 5.79. The van der Waals surface area contributed by atoms with Crippen molar-refractivity contribution in [3.05, 3.63) is 36.9 Å². The van der Waals surface area contributed by atoms with Crippen molar-refractivity contribution in [2.75, 3.05) is 7.11 Å². The van der Waals surface area contributed by atoms with Crippen LogP contribution >= 0.6 is 0 Å². The molecule has 7 nitrogen and oxygen atoms in total. The molecule has 8 heteroatoms. The number of aliphatic carboxylic acids is 1. The number of methoxy groups -OCH3 is 1. The molecule has 1 atom stereocenters. The standard InChI is InChI=1S/C17H24O5S.H3NO/c1-4-6-7-13-17(12-5-2,16(18)19)23(20,21)15-10-8-14(22-3)9-11-15;1-2/h5,8-11H,2,4,6-7,12-13H2,1,3H3,(H,18,19);2H,1H2. The summed E-state index contributed by atoms with van der Waals surface area (Å²) in [5.41, 5.74) is 0. The highest BCUT2D eigenvalue weighted by molar-refractivity contribution is 7.93. The molecular formula is C17H27NO6S. The van der Waals surface area contributed by atoms with Crippen LogP contribution in [-0.2, 0) is 14.6 Å². The number of sulfone groups is 1. The van der Waals surface area contributed by atoms with Gasteiger partial charge in [-0.05, 0) is 37.1 Å². The Labute approximate surface area is 149 Å². The van der Waals surface area contributed by atoms with Gasteiger partial charge in [0, 0.05) is 0 Å². The van der Waals surface area contributed by atoms with Crippen molar-refractivity contribution in [3.8, 4) is 5.75 Å². The van der Waals surface area contributed by atoms with E-state index in [9.17, 15) is 18.3 Å². The number of allylic oxidation sites excluding steroid dienone is 1. The van der Waals surface area contributed by atoms with Crippen molar-refractivity contribution >= 4 is 15.8 Å². The van der Waals surface area contributed by atoms with E-state index in [1.807, 2.05) is 6.92 Å². The van der Waals surface area contributed by atoms with E-state index in [2.05, 4.69) is 12.5 Å². The Hall–Kier alpha value is -1.90. The van der Waals surface area contributed by atoms with Crippen LogP contribution < -0.4 is 10.6 Å². The van der Waals surface area contributed by atoms with Crippen LogP contribution in [0.1, 0.15) is 39.0 Å². The first-order chi connectivity index (χ1) is 11.9. The Morgan fingerprint density at radius 1 is 1.28 bits per heavy atom. The Morgan fingerprint density at radius 2 is 1.84 bits per heavy atom. The van der Waals surface area contributed by atoms with Crippen molar-refractivity contribution < 1.29 is 28.3 Å². The molecule has 0 fully saturated rings. The van der Waals surface area contributed by atoms with Gasteiger partial charge in [0.2, 0.25) is 0 Å². The molecule has 0 aromatic heterocycles. The highest BCUT2D eigenvalue weighted by atomic mass is 32.2. The van der Waals surface area contributed by atoms with Gasteiger partial charge in [-0.25, -0.2) is 14.3 Å². The summed E-state index contributed by atoms with van der Waals surface area (Å²) in [5.74, 6) is 2.68. The SMILES string of the molecule is C=CCC(CCCCC)(C(=O)O)S(=O)(=O)c1ccc(OC)cc1.NO. The molecule has 1 aromatic rings. The second-order valence-electron chi connectivity index (χ2n) is 5.43. The maximum Gasteiger partial charge on any atom is 0.325 e. The van der Waals surface area contributed by atoms with Gasteiger partial charge in [0.25, 0.3) is 0 Å². The van der Waals surface area contributed by atoms with Crippen LogP contribution in [0.4, 0.5) is 0 Å². The molecule has 0 aliphatic heterocycles. The molecule has 0 aliphatic carbocycles. The summed E-state index contributed by atoms with van der Waals surface area (Å²) < 4.78 is 29.2. The minimum absolute atomic E-state index is 0.0148. The maximum absolute atomic E-state index is 13.0. The lowest BCUT2D eigenvalue weighted by molar-refractivity contribution is -0.140. The van der Waals surface area contributed by atoms with E-state index in [0.717, 1.165) is 12.8 Å². The van der Waals surface area contributed by atoms with Gasteiger partial charge in [-0.3, -0.25) is 4.79 Å². The number of carboxylic acid groups (broad SMARTS) is 1. The van der Waals surface area contributed by atoms with E-state index in [1.54, 1.807) is 0 Å². The molecule has 1 rings (SSSR count). The lowest BCUT2D eigenvalue weighted by atomic mass is 9.97. The average molecular weight is 373 g/mol. The molecule has 0 saturated carbocycles. The van der Waals surface area contributed by atoms with Crippen molar-refractivity contribution in [1.29, 1.82) is 0 Å². The lowest BCUT2D eigenvalue weighted by Gasteiger charge is -2.28. The number of carbonyl (C=O) groups is 1. The number of hydrogen-bond acceptors (Lipinski definition) is 6. The van der Waals surface area contributed by atoms with E-state index in [4.69, 9.17) is 9.94 Å². The number of nitrogens with two attached hydrogens (primary N) is 1. The lowest BCUT2D eigenvalue weighted by Crippen LogP contribution is -2.46. The third kappa shape index (κ3) is 5.29. The van der Waals surface area contributed by atoms with E-state index in [1.165, 1.54) is 37.5 Å². The average Bonchev–Trinajstić information content (AvgIpc) is 2.62. The number of benzene rings is 1. The minimum Gasteiger partial charge on any atom is -0.497 e. The molecule has 0 bridgehead atoms. The van der Waals surface area contributed by atoms with E-state index >= 15 is 0 Å². The topological polar surface area (TPSA) is 127 Å². The van der Waals surface area contributed by atoms with Gasteiger partial charge in [0.05, 0.1) is 12.0 Å². The van der Waals surface area contributed by atoms with Crippen LogP contribution in [0.3, 0.4) is 0 Å². The molecule has 0 saturated heterocycles. The van der Waals surface area contributed by atoms with Crippen molar-refractivity contribution in [2.24, 2.45) is 5.90 Å². The van der Waals surface area contributed by atoms with E-state index < -0.39 is 20.6 Å². The normalized spacial score (nSPS) is 13.1. The summed E-state index contributed by atoms with van der Waals surface area (Å²) in [5, 5.41) is 16.2. The molecule has 0 aliphatic rings. The quantitative estimate of drug-likeness (QED) is 0.327. The van der Waals surface area contributed by atoms with Crippen molar-refractivity contribution in [3.63, 3.8) is 0 Å². The first-order valence-electron chi connectivity index (χ1n) is 7.84. The van der Waals surface area contributed by atoms with Gasteiger partial charge >= 0.3 is 5.97 Å². The van der Waals surface area contributed by atoms with Gasteiger partial charge < -0.3 is 15.1 Å². The van der Waals surface area contributed by atoms with Crippen LogP contribution in [0.25, 0.3) is 0 Å². The number of ether oxygens (including phenoxy) is 1. The summed E-state index contributed by atoms with van der Waals surface area (Å²) in [4.78, 5) is 11.9. The monoisotopic (exact) mass is 373 g/mol. The van der Waals surface area contributed by atoms with Crippen LogP contribution in [0.2, 0.25) is 0 Å². The fraction of sp³-hybridized carbons (Fsp3) is 0.471. The number of carboxylic acids is 1. The highest BCUT2D eigenvalue weighted by Gasteiger charge is 2.50. The van der Waals surface area contributed by atoms with Crippen LogP contribution in [-0.4, -0.2) is 36.6 Å². The largest absolute Gasteiger partial charge is 0.497 e. The van der Waals surface area contributed by atoms with E-state index in [0.29, 0.717) is 12.2 Å². The molecule has 4 N–H and O–H groups in total. The molecule has 0 radical (unpaired) electrons. The number of rotatable bonds is 10. The van der Waals surface area contributed by atoms with Gasteiger partial charge in [-0.15, -0.1) is 6.58 Å². The number of unbranched alkanes of at least 4 members (excludes halogenated alkanes) is 2. The van der Waals surface area contributed by atoms with Crippen LogP contribution in [0.5, 0.6) is 5.75 Å². The fourth-order valence-electron chi connectivity index (χ4n) is 2.53. The highest BCUT2D eigenvalue weighted by Crippen LogP contribution is 2.35. The Balaban J connectivity index is 0.00000277. The van der Waals surface area contributed by atoms with Crippen LogP contribution in [0.15, 0.2) is 41.8 Å². The van der Waals surface area contributed by atoms with E-state index in [-0.39, 0.29) is 17.7 Å². The first kappa shape index (κ1) is 23.1. The summed E-state index contributed by atoms with van der Waals surface area (Å²) in [6.45, 7) is 5.52. The second-order valence-corrected chi connectivity index (χ2v) is 7.69. The zero-order valence-electron chi connectivity index (χ0n) is 14.6. The van der Waals surface area contributed by atoms with Gasteiger partial charge in [0.1, 0.15) is 5.75 Å². The Bertz CT molecular complexity index is 642. The smallest absolute Gasteiger partial charge is 0.325 e. The van der Waals surface area contributed by atoms with Crippen LogP contribution in [0, 0.1) is 0 Å². The fourth-order valence-corrected chi connectivity index (χ4v) is 4.46. The molecule has 142 valence electrons. The number of hydrogen-bond donors (Lipinski definition) is 3. The molecule has 0 spiro atoms. The minimum atomic E-state index is -4.06. The molecule has 0 amide bonds. The third-order valence-electron chi connectivity index (χ3n) is 3.93. The first-order valence-corrected chi connectivity index (χ1v) is 9.33. The summed E-state index contributed by atoms with van der Waals surface area (Å²) >= 11 is 0. The zero-order chi connectivity index (χ0) is 19.5. The predicted molar refractivity (Wildman–Crippen MR) is 95.5 cm³/mol. The molecule has 0 heterocycles. The maximum atomic E-state index is 13.0. The predicted octanol–water partition coefficient (Wildman–Crippen LogP) is 2.78. The summed E-state index contributed by atoms with van der Waals surface area (Å²) in [6.07, 6.45) is 3.50. The summed E-state index contributed by atoms with van der Waals surface area (Å²) in [7, 11) is -2.58. The molecule has 1 aromatic carbocycles. The molecule has 25 heavy (non-hydrogen) atoms. The Morgan fingerprint density at radius 3 is 2.24 bits per heavy atom. The molecule has 1 unspecified atom stereocenters. The Kier molecular flexibility index (Phi) is 10.0. The third-order valence-corrected chi connectivity index (χ3v) is 6.40. The van der Waals surface area contributed by atoms with Crippen molar-refractivity contribution in [2.45, 2.75) is 48.7 Å². The van der Waals surface area contributed by atoms with Gasteiger partial charge in [-0.2, -0.15) is 0 Å². The van der Waals surface area contributed by atoms with Gasteiger partial charge in [0.15, 0.2) is 14.6 Å². The molecular weight excluding hydrogens is 346 g/mol. The second kappa shape index (κ2) is 10.9. The van der Waals surface area contributed by atoms with Crippen molar-refractivity contribution in [1.82, 2.24) is 0 Å². The zero-order valence-corrected chi connectivity index (χ0v) is 15.5.